The number of rotatable bonds is 8. The van der Waals surface area contributed by atoms with Gasteiger partial charge in [-0.05, 0) is 30.9 Å². The van der Waals surface area contributed by atoms with E-state index >= 15 is 0 Å². The highest BCUT2D eigenvalue weighted by atomic mass is 16.5. The summed E-state index contributed by atoms with van der Waals surface area (Å²) in [6.45, 7) is 3.64. The molecule has 0 bridgehead atoms. The Labute approximate surface area is 161 Å². The third-order valence-corrected chi connectivity index (χ3v) is 4.65. The highest BCUT2D eigenvalue weighted by molar-refractivity contribution is 6.15. The standard InChI is InChI=1S/C21H22N2O5/c1-12(11-28-13(2)24)6-5-9-18(25)20-19-15(10-17(23-20)21(26)27)14-7-3-4-8-16(14)22-19/h3-4,7-8,10,12,22H,5-6,9,11H2,1-2H3,(H,26,27). The van der Waals surface area contributed by atoms with Crippen LogP contribution in [-0.4, -0.2) is 39.4 Å². The van der Waals surface area contributed by atoms with E-state index in [1.807, 2.05) is 31.2 Å². The predicted octanol–water partition coefficient (Wildman–Crippen LogP) is 3.97. The molecule has 0 aliphatic rings. The highest BCUT2D eigenvalue weighted by Gasteiger charge is 2.20. The molecule has 3 aromatic rings. The number of carbonyl (C=O) groups excluding carboxylic acids is 2. The SMILES string of the molecule is CC(=O)OCC(C)CCCC(=O)c1nc(C(=O)O)cc2c1[nH]c1ccccc12. The van der Waals surface area contributed by atoms with Crippen molar-refractivity contribution < 1.29 is 24.2 Å². The zero-order valence-electron chi connectivity index (χ0n) is 15.8. The molecule has 2 aromatic heterocycles. The summed E-state index contributed by atoms with van der Waals surface area (Å²) in [5.74, 6) is -1.56. The molecule has 7 nitrogen and oxygen atoms in total. The molecule has 2 N–H and O–H groups in total. The van der Waals surface area contributed by atoms with Crippen LogP contribution >= 0.6 is 0 Å². The Morgan fingerprint density at radius 3 is 2.68 bits per heavy atom. The lowest BCUT2D eigenvalue weighted by molar-refractivity contribution is -0.142. The topological polar surface area (TPSA) is 109 Å². The first-order valence-electron chi connectivity index (χ1n) is 9.18. The number of para-hydroxylation sites is 1. The minimum absolute atomic E-state index is 0.142. The molecule has 1 unspecified atom stereocenters. The Bertz CT molecular complexity index is 1050. The smallest absolute Gasteiger partial charge is 0.354 e. The first kappa shape index (κ1) is 19.5. The molecule has 0 amide bonds. The molecule has 1 aromatic carbocycles. The van der Waals surface area contributed by atoms with E-state index in [9.17, 15) is 19.5 Å². The van der Waals surface area contributed by atoms with Crippen LogP contribution in [0.5, 0.6) is 0 Å². The second-order valence-electron chi connectivity index (χ2n) is 6.98. The van der Waals surface area contributed by atoms with Gasteiger partial charge in [-0.2, -0.15) is 0 Å². The summed E-state index contributed by atoms with van der Waals surface area (Å²) in [6.07, 6.45) is 1.56. The fourth-order valence-electron chi connectivity index (χ4n) is 3.23. The number of Topliss-reactive ketones (excluding diaryl/α,β-unsaturated/α-hetero) is 1. The fraction of sp³-hybridized carbons (Fsp3) is 0.333. The molecule has 146 valence electrons. The van der Waals surface area contributed by atoms with Gasteiger partial charge in [0.1, 0.15) is 11.4 Å². The number of ketones is 1. The Hall–Kier alpha value is -3.22. The van der Waals surface area contributed by atoms with Crippen molar-refractivity contribution in [1.82, 2.24) is 9.97 Å². The molecular formula is C21H22N2O5. The van der Waals surface area contributed by atoms with Crippen molar-refractivity contribution in [3.8, 4) is 0 Å². The first-order chi connectivity index (χ1) is 13.4. The number of aromatic nitrogens is 2. The average molecular weight is 382 g/mol. The summed E-state index contributed by atoms with van der Waals surface area (Å²) in [5, 5.41) is 10.9. The van der Waals surface area contributed by atoms with Gasteiger partial charge in [-0.15, -0.1) is 0 Å². The van der Waals surface area contributed by atoms with Crippen molar-refractivity contribution in [2.75, 3.05) is 6.61 Å². The van der Waals surface area contributed by atoms with Gasteiger partial charge in [-0.3, -0.25) is 9.59 Å². The zero-order valence-corrected chi connectivity index (χ0v) is 15.8. The van der Waals surface area contributed by atoms with Crippen molar-refractivity contribution >= 4 is 39.5 Å². The largest absolute Gasteiger partial charge is 0.477 e. The number of aromatic amines is 1. The van der Waals surface area contributed by atoms with E-state index in [-0.39, 0.29) is 35.5 Å². The van der Waals surface area contributed by atoms with Gasteiger partial charge in [0.2, 0.25) is 0 Å². The summed E-state index contributed by atoms with van der Waals surface area (Å²) >= 11 is 0. The van der Waals surface area contributed by atoms with E-state index in [4.69, 9.17) is 4.74 Å². The maximum Gasteiger partial charge on any atom is 0.354 e. The second-order valence-corrected chi connectivity index (χ2v) is 6.98. The van der Waals surface area contributed by atoms with Gasteiger partial charge in [-0.25, -0.2) is 9.78 Å². The monoisotopic (exact) mass is 382 g/mol. The Morgan fingerprint density at radius 2 is 1.96 bits per heavy atom. The fourth-order valence-corrected chi connectivity index (χ4v) is 3.23. The van der Waals surface area contributed by atoms with E-state index < -0.39 is 5.97 Å². The number of nitrogens with zero attached hydrogens (tertiary/aromatic N) is 1. The number of nitrogens with one attached hydrogen (secondary N) is 1. The van der Waals surface area contributed by atoms with Gasteiger partial charge in [0, 0.05) is 29.6 Å². The summed E-state index contributed by atoms with van der Waals surface area (Å²) in [4.78, 5) is 42.4. The lowest BCUT2D eigenvalue weighted by Gasteiger charge is -2.10. The van der Waals surface area contributed by atoms with Crippen molar-refractivity contribution in [2.45, 2.75) is 33.1 Å². The van der Waals surface area contributed by atoms with Crippen LogP contribution in [0, 0.1) is 5.92 Å². The van der Waals surface area contributed by atoms with Gasteiger partial charge >= 0.3 is 11.9 Å². The molecule has 0 saturated carbocycles. The van der Waals surface area contributed by atoms with Crippen molar-refractivity contribution in [3.63, 3.8) is 0 Å². The van der Waals surface area contributed by atoms with Gasteiger partial charge in [0.15, 0.2) is 5.78 Å². The Balaban J connectivity index is 1.84. The van der Waals surface area contributed by atoms with E-state index in [1.54, 1.807) is 0 Å². The zero-order chi connectivity index (χ0) is 20.3. The summed E-state index contributed by atoms with van der Waals surface area (Å²) in [7, 11) is 0. The van der Waals surface area contributed by atoms with Crippen LogP contribution in [0.1, 0.15) is 54.1 Å². The molecule has 0 fully saturated rings. The number of fused-ring (bicyclic) bond motifs is 3. The molecule has 1 atom stereocenters. The van der Waals surface area contributed by atoms with E-state index in [1.165, 1.54) is 13.0 Å². The molecule has 28 heavy (non-hydrogen) atoms. The minimum Gasteiger partial charge on any atom is -0.477 e. The number of ether oxygens (including phenoxy) is 1. The van der Waals surface area contributed by atoms with Gasteiger partial charge in [-0.1, -0.05) is 25.1 Å². The number of aromatic carboxylic acids is 1. The van der Waals surface area contributed by atoms with Crippen LogP contribution in [0.15, 0.2) is 30.3 Å². The van der Waals surface area contributed by atoms with Crippen LogP contribution < -0.4 is 0 Å². The number of carboxylic acid groups (broad SMARTS) is 1. The van der Waals surface area contributed by atoms with Gasteiger partial charge in [0.25, 0.3) is 0 Å². The van der Waals surface area contributed by atoms with Gasteiger partial charge < -0.3 is 14.8 Å². The number of hydrogen-bond acceptors (Lipinski definition) is 5. The van der Waals surface area contributed by atoms with Crippen molar-refractivity contribution in [3.05, 3.63) is 41.7 Å². The number of pyridine rings is 1. The summed E-state index contributed by atoms with van der Waals surface area (Å²) in [5.41, 5.74) is 1.39. The van der Waals surface area contributed by atoms with Gasteiger partial charge in [0.05, 0.1) is 12.1 Å². The number of benzene rings is 1. The van der Waals surface area contributed by atoms with E-state index in [2.05, 4.69) is 9.97 Å². The quantitative estimate of drug-likeness (QED) is 0.451. The lowest BCUT2D eigenvalue weighted by atomic mass is 10.0. The first-order valence-corrected chi connectivity index (χ1v) is 9.18. The summed E-state index contributed by atoms with van der Waals surface area (Å²) < 4.78 is 4.97. The van der Waals surface area contributed by atoms with Crippen LogP contribution in [0.2, 0.25) is 0 Å². The number of carbonyl (C=O) groups is 3. The van der Waals surface area contributed by atoms with Crippen LogP contribution in [0.3, 0.4) is 0 Å². The number of hydrogen-bond donors (Lipinski definition) is 2. The molecule has 0 aliphatic carbocycles. The van der Waals surface area contributed by atoms with Crippen molar-refractivity contribution in [2.24, 2.45) is 5.92 Å². The molecule has 7 heteroatoms. The highest BCUT2D eigenvalue weighted by Crippen LogP contribution is 2.28. The molecule has 3 rings (SSSR count). The third-order valence-electron chi connectivity index (χ3n) is 4.65. The number of carboxylic acids is 1. The molecule has 0 radical (unpaired) electrons. The maximum atomic E-state index is 12.8. The average Bonchev–Trinajstić information content (AvgIpc) is 3.04. The molecule has 0 saturated heterocycles. The molecule has 0 spiro atoms. The maximum absolute atomic E-state index is 12.8. The van der Waals surface area contributed by atoms with E-state index in [0.29, 0.717) is 30.4 Å². The van der Waals surface area contributed by atoms with Crippen LogP contribution in [-0.2, 0) is 9.53 Å². The number of H-pyrrole nitrogens is 1. The molecular weight excluding hydrogens is 360 g/mol. The Morgan fingerprint density at radius 1 is 1.21 bits per heavy atom. The van der Waals surface area contributed by atoms with Crippen LogP contribution in [0.4, 0.5) is 0 Å². The van der Waals surface area contributed by atoms with Crippen molar-refractivity contribution in [1.29, 1.82) is 0 Å². The molecule has 2 heterocycles. The number of esters is 1. The third kappa shape index (κ3) is 4.19. The summed E-state index contributed by atoms with van der Waals surface area (Å²) in [6, 6.07) is 8.98. The molecule has 0 aliphatic heterocycles. The minimum atomic E-state index is -1.17. The normalized spacial score (nSPS) is 12.2. The predicted molar refractivity (Wildman–Crippen MR) is 105 cm³/mol. The lowest BCUT2D eigenvalue weighted by Crippen LogP contribution is -2.11. The Kier molecular flexibility index (Phi) is 5.73. The second kappa shape index (κ2) is 8.21. The van der Waals surface area contributed by atoms with E-state index in [0.717, 1.165) is 10.9 Å². The van der Waals surface area contributed by atoms with Crippen LogP contribution in [0.25, 0.3) is 21.8 Å².